The predicted octanol–water partition coefficient (Wildman–Crippen LogP) is 4.81. The van der Waals surface area contributed by atoms with Gasteiger partial charge < -0.3 is 19.3 Å². The zero-order valence-electron chi connectivity index (χ0n) is 19.8. The Hall–Kier alpha value is -3.37. The normalized spacial score (nSPS) is 13.4. The van der Waals surface area contributed by atoms with Crippen LogP contribution in [0.2, 0.25) is 0 Å². The molecule has 3 aromatic rings. The summed E-state index contributed by atoms with van der Waals surface area (Å²) in [5.74, 6) is -1.19. The third-order valence-electron chi connectivity index (χ3n) is 4.76. The minimum Gasteiger partial charge on any atom is -0.491 e. The topological polar surface area (TPSA) is 131 Å². The molecule has 0 radical (unpaired) electrons. The third kappa shape index (κ3) is 7.32. The summed E-state index contributed by atoms with van der Waals surface area (Å²) in [6, 6.07) is 6.55. The molecule has 2 heterocycles. The first-order chi connectivity index (χ1) is 17.0. The summed E-state index contributed by atoms with van der Waals surface area (Å²) in [6.45, 7) is 9.20. The smallest absolute Gasteiger partial charge is 0.359 e. The molecule has 36 heavy (non-hydrogen) atoms. The molecule has 0 saturated carbocycles. The minimum absolute atomic E-state index is 0.00913. The molecule has 0 aliphatic rings. The number of carbonyl (C=O) groups excluding carboxylic acids is 1. The molecule has 1 aromatic carbocycles. The Kier molecular flexibility index (Phi) is 8.75. The summed E-state index contributed by atoms with van der Waals surface area (Å²) in [5.41, 5.74) is 0.768. The fourth-order valence-corrected chi connectivity index (χ4v) is 4.35. The van der Waals surface area contributed by atoms with E-state index in [-0.39, 0.29) is 28.9 Å². The van der Waals surface area contributed by atoms with Gasteiger partial charge in [0.25, 0.3) is 5.91 Å². The number of fused-ring (bicyclic) bond motifs is 1. The van der Waals surface area contributed by atoms with Crippen LogP contribution in [0, 0.1) is 5.82 Å². The van der Waals surface area contributed by atoms with Crippen molar-refractivity contribution in [2.45, 2.75) is 33.3 Å². The maximum Gasteiger partial charge on any atom is 0.359 e. The van der Waals surface area contributed by atoms with E-state index in [4.69, 9.17) is 9.47 Å². The number of anilines is 1. The van der Waals surface area contributed by atoms with Gasteiger partial charge in [0, 0.05) is 17.8 Å². The first-order valence-corrected chi connectivity index (χ1v) is 13.2. The van der Waals surface area contributed by atoms with E-state index in [0.717, 1.165) is 18.6 Å². The highest BCUT2D eigenvalue weighted by atomic mass is 32.1. The first kappa shape index (κ1) is 27.2. The van der Waals surface area contributed by atoms with Gasteiger partial charge in [-0.3, -0.25) is 14.7 Å². The van der Waals surface area contributed by atoms with Crippen LogP contribution in [0.15, 0.2) is 72.4 Å². The van der Waals surface area contributed by atoms with E-state index in [1.54, 1.807) is 18.3 Å². The second-order valence-electron chi connectivity index (χ2n) is 7.72. The SMILES string of the molecule is C=C(/C=C(\C=C(/C)Oc1ccc(P(=O)(O)O)c(F)c1)C(=O)Nc1nc2cccnc2s1)OC(C)CC. The average molecular weight is 534 g/mol. The number of hydrogen-bond donors (Lipinski definition) is 3. The van der Waals surface area contributed by atoms with E-state index in [1.165, 1.54) is 36.5 Å². The zero-order chi connectivity index (χ0) is 26.5. The van der Waals surface area contributed by atoms with Crippen molar-refractivity contribution in [2.24, 2.45) is 0 Å². The van der Waals surface area contributed by atoms with Crippen molar-refractivity contribution in [3.63, 3.8) is 0 Å². The second kappa shape index (κ2) is 11.6. The Morgan fingerprint density at radius 1 is 1.33 bits per heavy atom. The van der Waals surface area contributed by atoms with Crippen molar-refractivity contribution in [3.8, 4) is 5.75 Å². The molecule has 2 aromatic heterocycles. The van der Waals surface area contributed by atoms with Crippen LogP contribution in [0.1, 0.15) is 27.2 Å². The van der Waals surface area contributed by atoms with Crippen LogP contribution in [-0.4, -0.2) is 31.8 Å². The molecule has 0 bridgehead atoms. The van der Waals surface area contributed by atoms with Crippen LogP contribution in [0.25, 0.3) is 10.3 Å². The quantitative estimate of drug-likeness (QED) is 0.147. The number of halogens is 1. The number of benzene rings is 1. The van der Waals surface area contributed by atoms with Gasteiger partial charge in [0.1, 0.15) is 33.4 Å². The summed E-state index contributed by atoms with van der Waals surface area (Å²) in [7, 11) is -4.76. The van der Waals surface area contributed by atoms with Crippen LogP contribution in [0.5, 0.6) is 5.75 Å². The molecule has 190 valence electrons. The van der Waals surface area contributed by atoms with Gasteiger partial charge in [-0.2, -0.15) is 0 Å². The van der Waals surface area contributed by atoms with Crippen molar-refractivity contribution in [1.29, 1.82) is 0 Å². The summed E-state index contributed by atoms with van der Waals surface area (Å²) in [6.07, 6.45) is 5.09. The molecule has 3 rings (SSSR count). The highest BCUT2D eigenvalue weighted by Crippen LogP contribution is 2.35. The number of allylic oxidation sites excluding steroid dienone is 2. The number of pyridine rings is 1. The predicted molar refractivity (Wildman–Crippen MR) is 137 cm³/mol. The van der Waals surface area contributed by atoms with Crippen LogP contribution in [-0.2, 0) is 14.1 Å². The Labute approximate surface area is 211 Å². The Balaban J connectivity index is 1.86. The number of thiazole rings is 1. The molecule has 0 fully saturated rings. The molecular weight excluding hydrogens is 508 g/mol. The Morgan fingerprint density at radius 3 is 2.72 bits per heavy atom. The van der Waals surface area contributed by atoms with Gasteiger partial charge in [0.05, 0.1) is 11.4 Å². The summed E-state index contributed by atoms with van der Waals surface area (Å²) in [5, 5.41) is 2.33. The monoisotopic (exact) mass is 533 g/mol. The highest BCUT2D eigenvalue weighted by Gasteiger charge is 2.22. The van der Waals surface area contributed by atoms with Crippen LogP contribution in [0.4, 0.5) is 9.52 Å². The fourth-order valence-electron chi connectivity index (χ4n) is 2.94. The van der Waals surface area contributed by atoms with Gasteiger partial charge in [0.15, 0.2) is 5.13 Å². The molecule has 1 unspecified atom stereocenters. The van der Waals surface area contributed by atoms with Crippen molar-refractivity contribution in [2.75, 3.05) is 5.32 Å². The van der Waals surface area contributed by atoms with Gasteiger partial charge in [-0.15, -0.1) is 0 Å². The largest absolute Gasteiger partial charge is 0.491 e. The lowest BCUT2D eigenvalue weighted by atomic mass is 10.2. The van der Waals surface area contributed by atoms with Gasteiger partial charge in [-0.05, 0) is 56.7 Å². The van der Waals surface area contributed by atoms with Crippen molar-refractivity contribution >= 4 is 45.6 Å². The lowest BCUT2D eigenvalue weighted by Gasteiger charge is -2.13. The van der Waals surface area contributed by atoms with E-state index in [9.17, 15) is 23.5 Å². The number of nitrogens with zero attached hydrogens (tertiary/aromatic N) is 2. The lowest BCUT2D eigenvalue weighted by molar-refractivity contribution is -0.112. The molecule has 0 spiro atoms. The number of nitrogens with one attached hydrogen (secondary N) is 1. The molecule has 12 heteroatoms. The summed E-state index contributed by atoms with van der Waals surface area (Å²) >= 11 is 1.21. The maximum absolute atomic E-state index is 14.1. The van der Waals surface area contributed by atoms with Crippen molar-refractivity contribution in [3.05, 3.63) is 78.2 Å². The van der Waals surface area contributed by atoms with Gasteiger partial charge in [0.2, 0.25) is 0 Å². The molecule has 9 nitrogen and oxygen atoms in total. The van der Waals surface area contributed by atoms with Gasteiger partial charge in [-0.1, -0.05) is 24.8 Å². The van der Waals surface area contributed by atoms with Crippen molar-refractivity contribution < 1.29 is 33.0 Å². The number of rotatable bonds is 10. The average Bonchev–Trinajstić information content (AvgIpc) is 3.19. The number of ether oxygens (including phenoxy) is 2. The number of amides is 1. The molecular formula is C24H25FN3O6PS. The van der Waals surface area contributed by atoms with Crippen LogP contribution < -0.4 is 15.4 Å². The highest BCUT2D eigenvalue weighted by molar-refractivity contribution is 7.60. The molecule has 1 amide bonds. The Bertz CT molecular complexity index is 1360. The molecule has 3 N–H and O–H groups in total. The lowest BCUT2D eigenvalue weighted by Crippen LogP contribution is -2.15. The van der Waals surface area contributed by atoms with Crippen LogP contribution in [0.3, 0.4) is 0 Å². The van der Waals surface area contributed by atoms with Crippen molar-refractivity contribution in [1.82, 2.24) is 9.97 Å². The van der Waals surface area contributed by atoms with E-state index < -0.39 is 24.6 Å². The van der Waals surface area contributed by atoms with E-state index in [1.807, 2.05) is 13.8 Å². The van der Waals surface area contributed by atoms with Crippen LogP contribution >= 0.6 is 18.9 Å². The molecule has 0 saturated heterocycles. The molecule has 0 aliphatic carbocycles. The first-order valence-electron chi connectivity index (χ1n) is 10.8. The fraction of sp³-hybridized carbons (Fsp3) is 0.208. The van der Waals surface area contributed by atoms with Gasteiger partial charge >= 0.3 is 7.60 Å². The number of aromatic nitrogens is 2. The third-order valence-corrected chi connectivity index (χ3v) is 6.65. The minimum atomic E-state index is -4.76. The second-order valence-corrected chi connectivity index (χ2v) is 10.3. The molecule has 1 atom stereocenters. The van der Waals surface area contributed by atoms with E-state index in [2.05, 4.69) is 21.9 Å². The van der Waals surface area contributed by atoms with E-state index in [0.29, 0.717) is 15.5 Å². The maximum atomic E-state index is 14.1. The summed E-state index contributed by atoms with van der Waals surface area (Å²) < 4.78 is 36.7. The van der Waals surface area contributed by atoms with E-state index >= 15 is 0 Å². The zero-order valence-corrected chi connectivity index (χ0v) is 21.5. The van der Waals surface area contributed by atoms with Gasteiger partial charge in [-0.25, -0.2) is 14.4 Å². The standard InChI is InChI=1S/C24H25FN3O6PS/c1-5-14(2)33-15(3)11-17(22(29)28-24-27-20-7-6-10-26-23(20)36-24)12-16(4)34-18-8-9-21(19(25)13-18)35(30,31)32/h6-14H,3,5H2,1-2,4H3,(H,27,28,29)(H2,30,31,32)/b16-12+,17-11+. The number of carbonyl (C=O) groups is 1. The Morgan fingerprint density at radius 2 is 2.08 bits per heavy atom. The summed E-state index contributed by atoms with van der Waals surface area (Å²) in [4.78, 5) is 40.7. The molecule has 0 aliphatic heterocycles. The number of hydrogen-bond acceptors (Lipinski definition) is 7.